The minimum atomic E-state index is -4.66. The molecular formula is C12H18F3NO3. The van der Waals surface area contributed by atoms with E-state index in [1.54, 1.807) is 13.8 Å². The van der Waals surface area contributed by atoms with E-state index in [-0.39, 0.29) is 12.1 Å². The number of alkyl halides is 3. The van der Waals surface area contributed by atoms with Gasteiger partial charge in [0.1, 0.15) is 0 Å². The molecule has 1 aromatic rings. The zero-order valence-electron chi connectivity index (χ0n) is 10.9. The van der Waals surface area contributed by atoms with Crippen molar-refractivity contribution in [3.05, 3.63) is 24.0 Å². The first-order chi connectivity index (χ1) is 8.88. The van der Waals surface area contributed by atoms with Crippen molar-refractivity contribution in [3.63, 3.8) is 0 Å². The van der Waals surface area contributed by atoms with E-state index >= 15 is 0 Å². The van der Waals surface area contributed by atoms with Gasteiger partial charge in [-0.1, -0.05) is 0 Å². The van der Waals surface area contributed by atoms with E-state index in [1.807, 2.05) is 0 Å². The fourth-order valence-electron chi connectivity index (χ4n) is 1.62. The summed E-state index contributed by atoms with van der Waals surface area (Å²) in [5.41, 5.74) is -0.195. The summed E-state index contributed by atoms with van der Waals surface area (Å²) in [6, 6.07) is 1.23. The summed E-state index contributed by atoms with van der Waals surface area (Å²) in [7, 11) is 0. The lowest BCUT2D eigenvalue weighted by molar-refractivity contribution is -0.206. The molecule has 1 heterocycles. The quantitative estimate of drug-likeness (QED) is 0.781. The summed E-state index contributed by atoms with van der Waals surface area (Å²) in [6.45, 7) is 4.78. The normalized spacial score (nSPS) is 14.1. The molecule has 1 unspecified atom stereocenters. The van der Waals surface area contributed by atoms with Crippen molar-refractivity contribution in [2.45, 2.75) is 39.0 Å². The Morgan fingerprint density at radius 2 is 1.84 bits per heavy atom. The van der Waals surface area contributed by atoms with Crippen LogP contribution in [0.4, 0.5) is 13.2 Å². The molecule has 0 spiro atoms. The molecule has 1 N–H and O–H groups in total. The molecule has 0 aromatic carbocycles. The molecule has 19 heavy (non-hydrogen) atoms. The molecule has 0 bridgehead atoms. The molecular weight excluding hydrogens is 263 g/mol. The van der Waals surface area contributed by atoms with Gasteiger partial charge < -0.3 is 19.1 Å². The number of aromatic nitrogens is 1. The second-order valence-electron chi connectivity index (χ2n) is 3.93. The monoisotopic (exact) mass is 281 g/mol. The Labute approximate surface area is 109 Å². The van der Waals surface area contributed by atoms with Crippen LogP contribution in [0.1, 0.15) is 25.5 Å². The summed E-state index contributed by atoms with van der Waals surface area (Å²) in [5.74, 6) is 0. The smallest absolute Gasteiger partial charge is 0.379 e. The molecule has 0 aliphatic heterocycles. The highest BCUT2D eigenvalue weighted by molar-refractivity contribution is 5.15. The van der Waals surface area contributed by atoms with Gasteiger partial charge in [-0.25, -0.2) is 0 Å². The van der Waals surface area contributed by atoms with Crippen LogP contribution < -0.4 is 0 Å². The van der Waals surface area contributed by atoms with Crippen LogP contribution >= 0.6 is 0 Å². The lowest BCUT2D eigenvalue weighted by atomic mass is 10.2. The van der Waals surface area contributed by atoms with Gasteiger partial charge >= 0.3 is 6.18 Å². The van der Waals surface area contributed by atoms with Crippen LogP contribution in [0.15, 0.2) is 18.5 Å². The van der Waals surface area contributed by atoms with Crippen LogP contribution in [-0.2, 0) is 16.0 Å². The third-order valence-corrected chi connectivity index (χ3v) is 2.46. The number of aliphatic hydroxyl groups is 1. The van der Waals surface area contributed by atoms with Crippen LogP contribution in [0, 0.1) is 0 Å². The SMILES string of the molecule is CCOC(Cn1ccc(C(O)C(F)(F)F)c1)OCC. The Hall–Kier alpha value is -1.05. The summed E-state index contributed by atoms with van der Waals surface area (Å²) < 4.78 is 49.1. The predicted octanol–water partition coefficient (Wildman–Crippen LogP) is 2.48. The highest BCUT2D eigenvalue weighted by Gasteiger charge is 2.39. The Morgan fingerprint density at radius 3 is 2.32 bits per heavy atom. The van der Waals surface area contributed by atoms with Gasteiger partial charge in [-0.15, -0.1) is 0 Å². The van der Waals surface area contributed by atoms with E-state index in [0.717, 1.165) is 0 Å². The highest BCUT2D eigenvalue weighted by atomic mass is 19.4. The van der Waals surface area contributed by atoms with E-state index in [9.17, 15) is 13.2 Å². The molecule has 1 aromatic heterocycles. The molecule has 110 valence electrons. The van der Waals surface area contributed by atoms with Crippen molar-refractivity contribution < 1.29 is 27.8 Å². The summed E-state index contributed by atoms with van der Waals surface area (Å²) in [4.78, 5) is 0. The minimum absolute atomic E-state index is 0.195. The third-order valence-electron chi connectivity index (χ3n) is 2.46. The number of nitrogens with zero attached hydrogens (tertiary/aromatic N) is 1. The molecule has 0 saturated heterocycles. The average molecular weight is 281 g/mol. The number of ether oxygens (including phenoxy) is 2. The maximum Gasteiger partial charge on any atom is 0.418 e. The Kier molecular flexibility index (Phi) is 5.84. The number of aliphatic hydroxyl groups excluding tert-OH is 1. The maximum absolute atomic E-state index is 12.3. The molecule has 7 heteroatoms. The lowest BCUT2D eigenvalue weighted by Crippen LogP contribution is -2.23. The number of hydrogen-bond donors (Lipinski definition) is 1. The van der Waals surface area contributed by atoms with Gasteiger partial charge in [-0.3, -0.25) is 0 Å². The standard InChI is InChI=1S/C12H18F3NO3/c1-3-18-10(19-4-2)8-16-6-5-9(7-16)11(17)12(13,14)15/h5-7,10-11,17H,3-4,8H2,1-2H3. The van der Waals surface area contributed by atoms with Crippen LogP contribution in [0.5, 0.6) is 0 Å². The van der Waals surface area contributed by atoms with Crippen molar-refractivity contribution in [1.82, 2.24) is 4.57 Å². The van der Waals surface area contributed by atoms with Crippen LogP contribution in [0.2, 0.25) is 0 Å². The fourth-order valence-corrected chi connectivity index (χ4v) is 1.62. The van der Waals surface area contributed by atoms with E-state index in [2.05, 4.69) is 0 Å². The zero-order valence-corrected chi connectivity index (χ0v) is 10.9. The summed E-state index contributed by atoms with van der Waals surface area (Å²) in [6.07, 6.45) is -4.95. The van der Waals surface area contributed by atoms with E-state index in [1.165, 1.54) is 23.0 Å². The van der Waals surface area contributed by atoms with E-state index in [4.69, 9.17) is 14.6 Å². The second-order valence-corrected chi connectivity index (χ2v) is 3.93. The number of halogens is 3. The summed E-state index contributed by atoms with van der Waals surface area (Å²) in [5, 5.41) is 9.11. The molecule has 0 fully saturated rings. The molecule has 1 atom stereocenters. The molecule has 4 nitrogen and oxygen atoms in total. The fraction of sp³-hybridized carbons (Fsp3) is 0.667. The van der Waals surface area contributed by atoms with E-state index in [0.29, 0.717) is 13.2 Å². The summed E-state index contributed by atoms with van der Waals surface area (Å²) >= 11 is 0. The van der Waals surface area contributed by atoms with Crippen molar-refractivity contribution >= 4 is 0 Å². The Morgan fingerprint density at radius 1 is 1.26 bits per heavy atom. The second kappa shape index (κ2) is 6.93. The molecule has 0 amide bonds. The highest BCUT2D eigenvalue weighted by Crippen LogP contribution is 2.32. The first-order valence-corrected chi connectivity index (χ1v) is 6.02. The largest absolute Gasteiger partial charge is 0.418 e. The van der Waals surface area contributed by atoms with Crippen molar-refractivity contribution in [2.75, 3.05) is 13.2 Å². The first kappa shape index (κ1) is 16.0. The van der Waals surface area contributed by atoms with Gasteiger partial charge in [0.2, 0.25) is 0 Å². The van der Waals surface area contributed by atoms with Gasteiger partial charge in [0, 0.05) is 31.2 Å². The topological polar surface area (TPSA) is 43.6 Å². The van der Waals surface area contributed by atoms with Gasteiger partial charge in [-0.05, 0) is 19.9 Å². The molecule has 0 radical (unpaired) electrons. The van der Waals surface area contributed by atoms with Crippen LogP contribution in [-0.4, -0.2) is 35.4 Å². The Balaban J connectivity index is 2.68. The Bertz CT molecular complexity index is 373. The molecule has 0 aliphatic rings. The van der Waals surface area contributed by atoms with Crippen molar-refractivity contribution in [3.8, 4) is 0 Å². The van der Waals surface area contributed by atoms with Crippen molar-refractivity contribution in [1.29, 1.82) is 0 Å². The number of hydrogen-bond acceptors (Lipinski definition) is 3. The molecule has 0 aliphatic carbocycles. The zero-order chi connectivity index (χ0) is 14.5. The predicted molar refractivity (Wildman–Crippen MR) is 62.5 cm³/mol. The minimum Gasteiger partial charge on any atom is -0.379 e. The van der Waals surface area contributed by atoms with Gasteiger partial charge in [-0.2, -0.15) is 13.2 Å². The lowest BCUT2D eigenvalue weighted by Gasteiger charge is -2.17. The van der Waals surface area contributed by atoms with Gasteiger partial charge in [0.15, 0.2) is 12.4 Å². The first-order valence-electron chi connectivity index (χ1n) is 6.02. The van der Waals surface area contributed by atoms with Crippen LogP contribution in [0.3, 0.4) is 0 Å². The van der Waals surface area contributed by atoms with Gasteiger partial charge in [0.05, 0.1) is 6.54 Å². The third kappa shape index (κ3) is 4.85. The van der Waals surface area contributed by atoms with E-state index < -0.39 is 18.6 Å². The van der Waals surface area contributed by atoms with Crippen molar-refractivity contribution in [2.24, 2.45) is 0 Å². The number of rotatable bonds is 7. The molecule has 0 saturated carbocycles. The maximum atomic E-state index is 12.3. The molecule has 1 rings (SSSR count). The van der Waals surface area contributed by atoms with Gasteiger partial charge in [0.25, 0.3) is 0 Å². The average Bonchev–Trinajstić information content (AvgIpc) is 2.76. The van der Waals surface area contributed by atoms with Crippen LogP contribution in [0.25, 0.3) is 0 Å².